The molecule has 14 heavy (non-hydrogen) atoms. The van der Waals surface area contributed by atoms with Crippen LogP contribution in [0.4, 0.5) is 0 Å². The van der Waals surface area contributed by atoms with Crippen LogP contribution in [0.5, 0.6) is 0 Å². The van der Waals surface area contributed by atoms with Crippen LogP contribution in [0.3, 0.4) is 0 Å². The van der Waals surface area contributed by atoms with Gasteiger partial charge in [-0.3, -0.25) is 0 Å². The Morgan fingerprint density at radius 3 is 2.71 bits per heavy atom. The van der Waals surface area contributed by atoms with Crippen molar-refractivity contribution >= 4 is 27.5 Å². The fourth-order valence-electron chi connectivity index (χ4n) is 1.37. The van der Waals surface area contributed by atoms with Crippen molar-refractivity contribution in [2.45, 2.75) is 6.42 Å². The Morgan fingerprint density at radius 2 is 2.14 bits per heavy atom. The van der Waals surface area contributed by atoms with E-state index in [2.05, 4.69) is 22.0 Å². The molecule has 1 atom stereocenters. The van der Waals surface area contributed by atoms with Gasteiger partial charge in [0.1, 0.15) is 0 Å². The molecule has 0 bridgehead atoms. The first-order valence-corrected chi connectivity index (χ1v) is 6.06. The first kappa shape index (κ1) is 12.0. The topological polar surface area (TPSA) is 9.23 Å². The molecule has 1 aromatic rings. The third-order valence-corrected chi connectivity index (χ3v) is 3.37. The Bertz CT molecular complexity index is 278. The van der Waals surface area contributed by atoms with Gasteiger partial charge < -0.3 is 4.74 Å². The van der Waals surface area contributed by atoms with Crippen molar-refractivity contribution in [3.8, 4) is 0 Å². The van der Waals surface area contributed by atoms with E-state index >= 15 is 0 Å². The molecular weight excluding hydrogens is 263 g/mol. The van der Waals surface area contributed by atoms with Gasteiger partial charge in [-0.2, -0.15) is 0 Å². The highest BCUT2D eigenvalue weighted by molar-refractivity contribution is 9.09. The lowest BCUT2D eigenvalue weighted by Crippen LogP contribution is -2.13. The Kier molecular flexibility index (Phi) is 5.53. The Hall–Kier alpha value is -0.0500. The molecule has 0 aliphatic rings. The molecule has 0 saturated carbocycles. The molecule has 0 fully saturated rings. The summed E-state index contributed by atoms with van der Waals surface area (Å²) in [4.78, 5) is 0. The normalized spacial score (nSPS) is 12.8. The number of hydrogen-bond donors (Lipinski definition) is 0. The number of hydrogen-bond acceptors (Lipinski definition) is 1. The van der Waals surface area contributed by atoms with E-state index < -0.39 is 0 Å². The predicted octanol–water partition coefficient (Wildman–Crippen LogP) is 3.54. The van der Waals surface area contributed by atoms with Crippen molar-refractivity contribution in [2.75, 3.05) is 19.0 Å². The first-order valence-electron chi connectivity index (χ1n) is 4.56. The molecular formula is C11H14BrClO. The maximum Gasteiger partial charge on any atom is 0.0501 e. The van der Waals surface area contributed by atoms with Gasteiger partial charge in [0.15, 0.2) is 0 Å². The molecule has 1 aromatic carbocycles. The number of benzene rings is 1. The van der Waals surface area contributed by atoms with Crippen LogP contribution in [-0.4, -0.2) is 19.0 Å². The lowest BCUT2D eigenvalue weighted by Gasteiger charge is -2.13. The number of alkyl halides is 1. The van der Waals surface area contributed by atoms with Crippen LogP contribution in [0.2, 0.25) is 5.02 Å². The van der Waals surface area contributed by atoms with Gasteiger partial charge in [0.2, 0.25) is 0 Å². The van der Waals surface area contributed by atoms with Crippen molar-refractivity contribution in [2.24, 2.45) is 5.92 Å². The van der Waals surface area contributed by atoms with E-state index in [0.717, 1.165) is 23.4 Å². The Labute approximate surface area is 98.5 Å². The number of methoxy groups -OCH3 is 1. The molecule has 0 spiro atoms. The molecule has 78 valence electrons. The molecule has 0 amide bonds. The SMILES string of the molecule is COCC(CBr)Cc1ccccc1Cl. The maximum absolute atomic E-state index is 6.07. The van der Waals surface area contributed by atoms with E-state index in [1.54, 1.807) is 7.11 Å². The van der Waals surface area contributed by atoms with Crippen LogP contribution in [-0.2, 0) is 11.2 Å². The molecule has 0 aliphatic heterocycles. The highest BCUT2D eigenvalue weighted by Crippen LogP contribution is 2.19. The molecule has 1 nitrogen and oxygen atoms in total. The van der Waals surface area contributed by atoms with Crippen molar-refractivity contribution in [1.29, 1.82) is 0 Å². The van der Waals surface area contributed by atoms with Gasteiger partial charge in [-0.05, 0) is 24.0 Å². The second-order valence-corrected chi connectivity index (χ2v) is 4.33. The van der Waals surface area contributed by atoms with Crippen molar-refractivity contribution in [3.05, 3.63) is 34.9 Å². The van der Waals surface area contributed by atoms with Gasteiger partial charge in [0.25, 0.3) is 0 Å². The van der Waals surface area contributed by atoms with E-state index in [0.29, 0.717) is 5.92 Å². The summed E-state index contributed by atoms with van der Waals surface area (Å²) < 4.78 is 5.13. The Balaban J connectivity index is 2.62. The van der Waals surface area contributed by atoms with E-state index in [9.17, 15) is 0 Å². The lowest BCUT2D eigenvalue weighted by molar-refractivity contribution is 0.162. The molecule has 1 rings (SSSR count). The zero-order valence-electron chi connectivity index (χ0n) is 8.17. The quantitative estimate of drug-likeness (QED) is 0.748. The molecule has 3 heteroatoms. The summed E-state index contributed by atoms with van der Waals surface area (Å²) in [6.07, 6.45) is 0.957. The second kappa shape index (κ2) is 6.44. The predicted molar refractivity (Wildman–Crippen MR) is 64.3 cm³/mol. The van der Waals surface area contributed by atoms with Gasteiger partial charge in [0.05, 0.1) is 6.61 Å². The zero-order chi connectivity index (χ0) is 10.4. The summed E-state index contributed by atoms with van der Waals surface area (Å²) in [5.41, 5.74) is 1.19. The average molecular weight is 278 g/mol. The number of rotatable bonds is 5. The lowest BCUT2D eigenvalue weighted by atomic mass is 10.0. The van der Waals surface area contributed by atoms with Gasteiger partial charge in [-0.15, -0.1) is 0 Å². The monoisotopic (exact) mass is 276 g/mol. The van der Waals surface area contributed by atoms with Gasteiger partial charge >= 0.3 is 0 Å². The zero-order valence-corrected chi connectivity index (χ0v) is 10.5. The van der Waals surface area contributed by atoms with Crippen molar-refractivity contribution in [3.63, 3.8) is 0 Å². The second-order valence-electron chi connectivity index (χ2n) is 3.27. The van der Waals surface area contributed by atoms with Crippen LogP contribution in [0, 0.1) is 5.92 Å². The van der Waals surface area contributed by atoms with Crippen LogP contribution >= 0.6 is 27.5 Å². The third kappa shape index (κ3) is 3.60. The fourth-order valence-corrected chi connectivity index (χ4v) is 2.00. The molecule has 0 heterocycles. The molecule has 0 saturated heterocycles. The molecule has 0 aliphatic carbocycles. The minimum absolute atomic E-state index is 0.486. The summed E-state index contributed by atoms with van der Waals surface area (Å²) in [7, 11) is 1.72. The molecule has 0 N–H and O–H groups in total. The van der Waals surface area contributed by atoms with Gasteiger partial charge in [-0.25, -0.2) is 0 Å². The van der Waals surface area contributed by atoms with Gasteiger partial charge in [0, 0.05) is 17.5 Å². The standard InChI is InChI=1S/C11H14BrClO/c1-14-8-9(7-12)6-10-4-2-3-5-11(10)13/h2-5,9H,6-8H2,1H3. The van der Waals surface area contributed by atoms with Gasteiger partial charge in [-0.1, -0.05) is 45.7 Å². The number of halogens is 2. The van der Waals surface area contributed by atoms with Crippen LogP contribution < -0.4 is 0 Å². The molecule has 0 radical (unpaired) electrons. The smallest absolute Gasteiger partial charge is 0.0501 e. The van der Waals surface area contributed by atoms with E-state index in [-0.39, 0.29) is 0 Å². The number of ether oxygens (including phenoxy) is 1. The highest BCUT2D eigenvalue weighted by atomic mass is 79.9. The van der Waals surface area contributed by atoms with Crippen molar-refractivity contribution in [1.82, 2.24) is 0 Å². The summed E-state index contributed by atoms with van der Waals surface area (Å²) in [6, 6.07) is 7.95. The van der Waals surface area contributed by atoms with Crippen LogP contribution in [0.15, 0.2) is 24.3 Å². The average Bonchev–Trinajstić information content (AvgIpc) is 2.20. The fraction of sp³-hybridized carbons (Fsp3) is 0.455. The maximum atomic E-state index is 6.07. The molecule has 0 aromatic heterocycles. The molecule has 1 unspecified atom stereocenters. The van der Waals surface area contributed by atoms with E-state index in [4.69, 9.17) is 16.3 Å². The van der Waals surface area contributed by atoms with Crippen LogP contribution in [0.25, 0.3) is 0 Å². The minimum atomic E-state index is 0.486. The van der Waals surface area contributed by atoms with E-state index in [1.807, 2.05) is 18.2 Å². The minimum Gasteiger partial charge on any atom is -0.384 e. The summed E-state index contributed by atoms with van der Waals surface area (Å²) in [5, 5.41) is 1.78. The van der Waals surface area contributed by atoms with Crippen LogP contribution in [0.1, 0.15) is 5.56 Å². The summed E-state index contributed by atoms with van der Waals surface area (Å²) >= 11 is 9.55. The highest BCUT2D eigenvalue weighted by Gasteiger charge is 2.09. The summed E-state index contributed by atoms with van der Waals surface area (Å²) in [6.45, 7) is 0.760. The largest absolute Gasteiger partial charge is 0.384 e. The third-order valence-electron chi connectivity index (χ3n) is 2.09. The summed E-state index contributed by atoms with van der Waals surface area (Å²) in [5.74, 6) is 0.486. The first-order chi connectivity index (χ1) is 6.77. The van der Waals surface area contributed by atoms with E-state index in [1.165, 1.54) is 5.56 Å². The van der Waals surface area contributed by atoms with Crippen molar-refractivity contribution < 1.29 is 4.74 Å². The Morgan fingerprint density at radius 1 is 1.43 bits per heavy atom.